The van der Waals surface area contributed by atoms with E-state index >= 15 is 0 Å². The van der Waals surface area contributed by atoms with Gasteiger partial charge in [0.2, 0.25) is 0 Å². The lowest BCUT2D eigenvalue weighted by Crippen LogP contribution is -2.43. The third-order valence-corrected chi connectivity index (χ3v) is 1.86. The van der Waals surface area contributed by atoms with Gasteiger partial charge in [0, 0.05) is 12.2 Å². The highest BCUT2D eigenvalue weighted by Crippen LogP contribution is 2.09. The molecule has 0 spiro atoms. The second kappa shape index (κ2) is 4.04. The number of carbonyl (C=O) groups is 3. The van der Waals surface area contributed by atoms with Gasteiger partial charge in [0.1, 0.15) is 6.04 Å². The van der Waals surface area contributed by atoms with Crippen molar-refractivity contribution in [1.82, 2.24) is 4.90 Å². The van der Waals surface area contributed by atoms with Gasteiger partial charge in [0.15, 0.2) is 0 Å². The molecule has 0 saturated carbocycles. The fourth-order valence-electron chi connectivity index (χ4n) is 1.16. The lowest BCUT2D eigenvalue weighted by molar-refractivity contribution is -0.156. The lowest BCUT2D eigenvalue weighted by atomic mass is 10.3. The summed E-state index contributed by atoms with van der Waals surface area (Å²) in [5.74, 6) is -1.52. The van der Waals surface area contributed by atoms with Crippen LogP contribution in [0.25, 0.3) is 0 Å². The Morgan fingerprint density at radius 1 is 1.43 bits per heavy atom. The smallest absolute Gasteiger partial charge is 0.329 e. The molecule has 14 heavy (non-hydrogen) atoms. The van der Waals surface area contributed by atoms with Gasteiger partial charge in [-0.1, -0.05) is 0 Å². The maximum Gasteiger partial charge on any atom is 0.329 e. The normalized spacial score (nSPS) is 17.4. The summed E-state index contributed by atoms with van der Waals surface area (Å²) in [5, 5.41) is 0. The summed E-state index contributed by atoms with van der Waals surface area (Å²) in [6.07, 6.45) is 2.27. The summed E-state index contributed by atoms with van der Waals surface area (Å²) in [5.41, 5.74) is 0. The largest absolute Gasteiger partial charge is 0.464 e. The highest BCUT2D eigenvalue weighted by molar-refractivity contribution is 6.14. The van der Waals surface area contributed by atoms with Crippen molar-refractivity contribution in [2.45, 2.75) is 19.9 Å². The molecule has 0 N–H and O–H groups in total. The molecule has 0 aromatic heterocycles. The Hall–Kier alpha value is -1.65. The topological polar surface area (TPSA) is 63.7 Å². The van der Waals surface area contributed by atoms with E-state index in [0.717, 1.165) is 17.1 Å². The van der Waals surface area contributed by atoms with Crippen LogP contribution in [-0.2, 0) is 19.1 Å². The lowest BCUT2D eigenvalue weighted by Gasteiger charge is -2.20. The van der Waals surface area contributed by atoms with Crippen molar-refractivity contribution in [3.05, 3.63) is 12.2 Å². The maximum absolute atomic E-state index is 11.2. The van der Waals surface area contributed by atoms with E-state index in [2.05, 4.69) is 0 Å². The summed E-state index contributed by atoms with van der Waals surface area (Å²) in [4.78, 5) is 34.4. The van der Waals surface area contributed by atoms with Crippen LogP contribution in [0.3, 0.4) is 0 Å². The van der Waals surface area contributed by atoms with Gasteiger partial charge >= 0.3 is 5.97 Å². The number of hydrogen-bond donors (Lipinski definition) is 0. The second-order valence-corrected chi connectivity index (χ2v) is 2.81. The highest BCUT2D eigenvalue weighted by atomic mass is 16.5. The Balaban J connectivity index is 2.70. The molecule has 0 fully saturated rings. The zero-order valence-electron chi connectivity index (χ0n) is 8.02. The van der Waals surface area contributed by atoms with Crippen LogP contribution in [0.2, 0.25) is 0 Å². The molecular formula is C9H11NO4. The van der Waals surface area contributed by atoms with Crippen molar-refractivity contribution in [2.75, 3.05) is 6.61 Å². The first kappa shape index (κ1) is 10.4. The molecule has 1 aliphatic heterocycles. The fourth-order valence-corrected chi connectivity index (χ4v) is 1.16. The molecule has 0 unspecified atom stereocenters. The molecular weight excluding hydrogens is 186 g/mol. The van der Waals surface area contributed by atoms with Gasteiger partial charge in [-0.25, -0.2) is 4.79 Å². The Morgan fingerprint density at radius 3 is 2.36 bits per heavy atom. The van der Waals surface area contributed by atoms with Gasteiger partial charge in [-0.2, -0.15) is 0 Å². The Labute approximate surface area is 81.3 Å². The molecule has 0 aromatic rings. The zero-order chi connectivity index (χ0) is 10.7. The average molecular weight is 197 g/mol. The first-order valence-electron chi connectivity index (χ1n) is 4.29. The summed E-state index contributed by atoms with van der Waals surface area (Å²) >= 11 is 0. The second-order valence-electron chi connectivity index (χ2n) is 2.81. The molecule has 5 heteroatoms. The predicted octanol–water partition coefficient (Wildman–Crippen LogP) is -0.137. The Kier molecular flexibility index (Phi) is 3.01. The fraction of sp³-hybridized carbons (Fsp3) is 0.444. The van der Waals surface area contributed by atoms with Crippen LogP contribution in [0.15, 0.2) is 12.2 Å². The number of esters is 1. The molecule has 1 aliphatic rings. The van der Waals surface area contributed by atoms with Gasteiger partial charge in [0.25, 0.3) is 11.8 Å². The van der Waals surface area contributed by atoms with Gasteiger partial charge < -0.3 is 4.74 Å². The van der Waals surface area contributed by atoms with E-state index < -0.39 is 23.8 Å². The summed E-state index contributed by atoms with van der Waals surface area (Å²) in [7, 11) is 0. The minimum absolute atomic E-state index is 0.229. The standard InChI is InChI=1S/C9H11NO4/c1-3-14-9(13)6(2)10-7(11)4-5-8(10)12/h4-6H,3H2,1-2H3/t6-/m0/s1. The molecule has 1 rings (SSSR count). The number of amides is 2. The van der Waals surface area contributed by atoms with E-state index in [-0.39, 0.29) is 6.61 Å². The number of rotatable bonds is 3. The van der Waals surface area contributed by atoms with Crippen LogP contribution in [-0.4, -0.2) is 35.3 Å². The molecule has 0 saturated heterocycles. The first-order valence-corrected chi connectivity index (χ1v) is 4.29. The zero-order valence-corrected chi connectivity index (χ0v) is 8.02. The summed E-state index contributed by atoms with van der Waals surface area (Å²) < 4.78 is 4.70. The van der Waals surface area contributed by atoms with Gasteiger partial charge in [-0.3, -0.25) is 14.5 Å². The van der Waals surface area contributed by atoms with Crippen molar-refractivity contribution >= 4 is 17.8 Å². The number of imide groups is 1. The first-order chi connectivity index (χ1) is 6.57. The molecule has 0 bridgehead atoms. The SMILES string of the molecule is CCOC(=O)[C@H](C)N1C(=O)C=CC1=O. The summed E-state index contributed by atoms with van der Waals surface area (Å²) in [6.45, 7) is 3.35. The van der Waals surface area contributed by atoms with Crippen molar-refractivity contribution < 1.29 is 19.1 Å². The van der Waals surface area contributed by atoms with Crippen LogP contribution in [0.1, 0.15) is 13.8 Å². The van der Waals surface area contributed by atoms with E-state index in [1.807, 2.05) is 0 Å². The van der Waals surface area contributed by atoms with Gasteiger partial charge in [-0.05, 0) is 13.8 Å². The quantitative estimate of drug-likeness (QED) is 0.466. The van der Waals surface area contributed by atoms with Crippen LogP contribution >= 0.6 is 0 Å². The van der Waals surface area contributed by atoms with Crippen molar-refractivity contribution in [3.63, 3.8) is 0 Å². The third kappa shape index (κ3) is 1.81. The minimum Gasteiger partial charge on any atom is -0.464 e. The van der Waals surface area contributed by atoms with Crippen molar-refractivity contribution in [1.29, 1.82) is 0 Å². The molecule has 0 aliphatic carbocycles. The Morgan fingerprint density at radius 2 is 1.93 bits per heavy atom. The van der Waals surface area contributed by atoms with E-state index in [9.17, 15) is 14.4 Å². The van der Waals surface area contributed by atoms with E-state index in [0.29, 0.717) is 0 Å². The minimum atomic E-state index is -0.857. The van der Waals surface area contributed by atoms with E-state index in [1.165, 1.54) is 6.92 Å². The van der Waals surface area contributed by atoms with E-state index in [4.69, 9.17) is 4.74 Å². The summed E-state index contributed by atoms with van der Waals surface area (Å²) in [6, 6.07) is -0.857. The van der Waals surface area contributed by atoms with Crippen molar-refractivity contribution in [3.8, 4) is 0 Å². The molecule has 76 valence electrons. The molecule has 2 amide bonds. The monoisotopic (exact) mass is 197 g/mol. The van der Waals surface area contributed by atoms with Crippen molar-refractivity contribution in [2.24, 2.45) is 0 Å². The maximum atomic E-state index is 11.2. The molecule has 0 radical (unpaired) electrons. The van der Waals surface area contributed by atoms with Gasteiger partial charge in [0.05, 0.1) is 6.61 Å². The molecule has 5 nitrogen and oxygen atoms in total. The third-order valence-electron chi connectivity index (χ3n) is 1.86. The molecule has 0 aromatic carbocycles. The molecule has 1 heterocycles. The molecule has 1 atom stereocenters. The van der Waals surface area contributed by atoms with Crippen LogP contribution in [0, 0.1) is 0 Å². The average Bonchev–Trinajstić information content (AvgIpc) is 2.46. The Bertz CT molecular complexity index is 290. The number of carbonyl (C=O) groups excluding carboxylic acids is 3. The number of hydrogen-bond acceptors (Lipinski definition) is 4. The number of ether oxygens (including phenoxy) is 1. The van der Waals surface area contributed by atoms with Gasteiger partial charge in [-0.15, -0.1) is 0 Å². The predicted molar refractivity (Wildman–Crippen MR) is 47.1 cm³/mol. The van der Waals surface area contributed by atoms with Crippen LogP contribution < -0.4 is 0 Å². The number of nitrogens with zero attached hydrogens (tertiary/aromatic N) is 1. The van der Waals surface area contributed by atoms with Crippen LogP contribution in [0.5, 0.6) is 0 Å². The van der Waals surface area contributed by atoms with Crippen LogP contribution in [0.4, 0.5) is 0 Å². The van der Waals surface area contributed by atoms with E-state index in [1.54, 1.807) is 6.92 Å². The highest BCUT2D eigenvalue weighted by Gasteiger charge is 2.33.